The second-order valence-electron chi connectivity index (χ2n) is 4.53. The summed E-state index contributed by atoms with van der Waals surface area (Å²) in [5.41, 5.74) is 0. The van der Waals surface area contributed by atoms with E-state index >= 15 is 0 Å². The molecule has 0 heterocycles. The molecule has 2 atom stereocenters. The van der Waals surface area contributed by atoms with Crippen molar-refractivity contribution in [3.63, 3.8) is 0 Å². The van der Waals surface area contributed by atoms with Crippen LogP contribution < -0.4 is 0 Å². The van der Waals surface area contributed by atoms with Gasteiger partial charge in [0.05, 0.1) is 0 Å². The van der Waals surface area contributed by atoms with Crippen molar-refractivity contribution in [3.8, 4) is 0 Å². The Kier molecular flexibility index (Phi) is 5.24. The van der Waals surface area contributed by atoms with Gasteiger partial charge in [0.25, 0.3) is 0 Å². The van der Waals surface area contributed by atoms with Crippen molar-refractivity contribution in [3.05, 3.63) is 0 Å². The van der Waals surface area contributed by atoms with Crippen molar-refractivity contribution in [2.24, 2.45) is 11.8 Å². The largest absolute Gasteiger partial charge is 0.119 e. The second-order valence-corrected chi connectivity index (χ2v) is 5.39. The highest BCUT2D eigenvalue weighted by Crippen LogP contribution is 2.32. The third-order valence-corrected chi connectivity index (χ3v) is 3.32. The number of hydrogen-bond acceptors (Lipinski definition) is 0. The summed E-state index contributed by atoms with van der Waals surface area (Å²) in [6.45, 7) is 11.1. The number of rotatable bonds is 5. The molecule has 0 fully saturated rings. The van der Waals surface area contributed by atoms with E-state index in [1.807, 2.05) is 0 Å². The minimum Gasteiger partial charge on any atom is -0.119 e. The standard InChI is InChI=1S/C11H23Cl/c1-6-7-10(4)8-11(5,12)9(2)3/h9-10H,6-8H2,1-5H3. The summed E-state index contributed by atoms with van der Waals surface area (Å²) in [7, 11) is 0. The molecule has 74 valence electrons. The van der Waals surface area contributed by atoms with Gasteiger partial charge >= 0.3 is 0 Å². The second kappa shape index (κ2) is 5.11. The maximum Gasteiger partial charge on any atom is 0.0444 e. The fraction of sp³-hybridized carbons (Fsp3) is 1.00. The molecule has 0 radical (unpaired) electrons. The van der Waals surface area contributed by atoms with Gasteiger partial charge < -0.3 is 0 Å². The first kappa shape index (κ1) is 12.3. The Hall–Kier alpha value is 0.290. The lowest BCUT2D eigenvalue weighted by Crippen LogP contribution is -2.26. The van der Waals surface area contributed by atoms with Crippen LogP contribution in [0.1, 0.15) is 53.9 Å². The van der Waals surface area contributed by atoms with Gasteiger partial charge in [-0.2, -0.15) is 0 Å². The molecule has 0 nitrogen and oxygen atoms in total. The van der Waals surface area contributed by atoms with E-state index in [2.05, 4.69) is 34.6 Å². The number of alkyl halides is 1. The topological polar surface area (TPSA) is 0 Å². The van der Waals surface area contributed by atoms with Gasteiger partial charge in [0, 0.05) is 4.87 Å². The Balaban J connectivity index is 3.88. The molecule has 0 saturated heterocycles. The van der Waals surface area contributed by atoms with Gasteiger partial charge in [-0.15, -0.1) is 11.6 Å². The molecule has 0 bridgehead atoms. The molecule has 0 aliphatic rings. The zero-order valence-electron chi connectivity index (χ0n) is 9.15. The van der Waals surface area contributed by atoms with Crippen molar-refractivity contribution in [2.75, 3.05) is 0 Å². The lowest BCUT2D eigenvalue weighted by molar-refractivity contribution is 0.348. The van der Waals surface area contributed by atoms with Crippen LogP contribution in [0.5, 0.6) is 0 Å². The van der Waals surface area contributed by atoms with E-state index < -0.39 is 0 Å². The van der Waals surface area contributed by atoms with Crippen molar-refractivity contribution in [2.45, 2.75) is 58.8 Å². The monoisotopic (exact) mass is 190 g/mol. The quantitative estimate of drug-likeness (QED) is 0.562. The van der Waals surface area contributed by atoms with Crippen LogP contribution in [0.4, 0.5) is 0 Å². The normalized spacial score (nSPS) is 19.2. The van der Waals surface area contributed by atoms with Crippen LogP contribution in [0.2, 0.25) is 0 Å². The van der Waals surface area contributed by atoms with E-state index in [1.165, 1.54) is 12.8 Å². The Morgan fingerprint density at radius 1 is 1.25 bits per heavy atom. The molecule has 0 aliphatic carbocycles. The summed E-state index contributed by atoms with van der Waals surface area (Å²) in [4.78, 5) is -0.00537. The highest BCUT2D eigenvalue weighted by atomic mass is 35.5. The minimum absolute atomic E-state index is 0.00537. The highest BCUT2D eigenvalue weighted by Gasteiger charge is 2.26. The maximum atomic E-state index is 6.40. The molecular weight excluding hydrogens is 168 g/mol. The highest BCUT2D eigenvalue weighted by molar-refractivity contribution is 6.23. The summed E-state index contributed by atoms with van der Waals surface area (Å²) in [5, 5.41) is 0. The number of halogens is 1. The molecule has 0 aromatic heterocycles. The molecule has 0 spiro atoms. The van der Waals surface area contributed by atoms with Crippen LogP contribution in [0.15, 0.2) is 0 Å². The Labute approximate surface area is 82.7 Å². The van der Waals surface area contributed by atoms with E-state index in [1.54, 1.807) is 0 Å². The van der Waals surface area contributed by atoms with Crippen LogP contribution in [-0.2, 0) is 0 Å². The molecule has 0 rings (SSSR count). The van der Waals surface area contributed by atoms with Gasteiger partial charge in [-0.05, 0) is 25.2 Å². The van der Waals surface area contributed by atoms with Gasteiger partial charge in [-0.3, -0.25) is 0 Å². The van der Waals surface area contributed by atoms with E-state index in [-0.39, 0.29) is 4.87 Å². The predicted molar refractivity (Wildman–Crippen MR) is 57.8 cm³/mol. The summed E-state index contributed by atoms with van der Waals surface area (Å²) in [6.07, 6.45) is 3.71. The van der Waals surface area contributed by atoms with Crippen LogP contribution in [-0.4, -0.2) is 4.87 Å². The van der Waals surface area contributed by atoms with E-state index in [0.717, 1.165) is 12.3 Å². The third-order valence-electron chi connectivity index (χ3n) is 2.73. The molecule has 2 unspecified atom stereocenters. The summed E-state index contributed by atoms with van der Waals surface area (Å²) < 4.78 is 0. The zero-order chi connectivity index (χ0) is 9.78. The molecule has 0 aromatic carbocycles. The molecular formula is C11H23Cl. The fourth-order valence-electron chi connectivity index (χ4n) is 1.51. The molecule has 0 saturated carbocycles. The lowest BCUT2D eigenvalue weighted by atomic mass is 9.86. The first-order valence-electron chi connectivity index (χ1n) is 5.09. The van der Waals surface area contributed by atoms with Crippen LogP contribution in [0.25, 0.3) is 0 Å². The van der Waals surface area contributed by atoms with Gasteiger partial charge in [-0.25, -0.2) is 0 Å². The van der Waals surface area contributed by atoms with E-state index in [0.29, 0.717) is 5.92 Å². The Morgan fingerprint density at radius 3 is 2.08 bits per heavy atom. The average Bonchev–Trinajstić information content (AvgIpc) is 1.85. The summed E-state index contributed by atoms with van der Waals surface area (Å²) in [5.74, 6) is 1.33. The van der Waals surface area contributed by atoms with Crippen LogP contribution >= 0.6 is 11.6 Å². The van der Waals surface area contributed by atoms with Gasteiger partial charge in [-0.1, -0.05) is 40.5 Å². The van der Waals surface area contributed by atoms with E-state index in [9.17, 15) is 0 Å². The molecule has 1 heteroatoms. The SMILES string of the molecule is CCCC(C)CC(C)(Cl)C(C)C. The Bertz CT molecular complexity index is 116. The average molecular weight is 191 g/mol. The fourth-order valence-corrected chi connectivity index (χ4v) is 1.78. The van der Waals surface area contributed by atoms with Gasteiger partial charge in [0.15, 0.2) is 0 Å². The van der Waals surface area contributed by atoms with Crippen LogP contribution in [0, 0.1) is 11.8 Å². The van der Waals surface area contributed by atoms with Gasteiger partial charge in [0.1, 0.15) is 0 Å². The summed E-state index contributed by atoms with van der Waals surface area (Å²) in [6, 6.07) is 0. The van der Waals surface area contributed by atoms with Crippen molar-refractivity contribution >= 4 is 11.6 Å². The van der Waals surface area contributed by atoms with Crippen molar-refractivity contribution < 1.29 is 0 Å². The Morgan fingerprint density at radius 2 is 1.75 bits per heavy atom. The molecule has 0 amide bonds. The molecule has 12 heavy (non-hydrogen) atoms. The minimum atomic E-state index is -0.00537. The smallest absolute Gasteiger partial charge is 0.0444 e. The molecule has 0 aromatic rings. The van der Waals surface area contributed by atoms with Crippen LogP contribution in [0.3, 0.4) is 0 Å². The molecule has 0 aliphatic heterocycles. The maximum absolute atomic E-state index is 6.40. The predicted octanol–water partition coefficient (Wildman–Crippen LogP) is 4.47. The summed E-state index contributed by atoms with van der Waals surface area (Å²) >= 11 is 6.40. The first-order valence-corrected chi connectivity index (χ1v) is 5.46. The number of hydrogen-bond donors (Lipinski definition) is 0. The van der Waals surface area contributed by atoms with E-state index in [4.69, 9.17) is 11.6 Å². The van der Waals surface area contributed by atoms with Crippen molar-refractivity contribution in [1.82, 2.24) is 0 Å². The lowest BCUT2D eigenvalue weighted by Gasteiger charge is -2.29. The zero-order valence-corrected chi connectivity index (χ0v) is 9.91. The first-order chi connectivity index (χ1) is 5.40. The third kappa shape index (κ3) is 4.35. The molecule has 0 N–H and O–H groups in total. The van der Waals surface area contributed by atoms with Crippen molar-refractivity contribution in [1.29, 1.82) is 0 Å². The van der Waals surface area contributed by atoms with Gasteiger partial charge in [0.2, 0.25) is 0 Å².